The van der Waals surface area contributed by atoms with Gasteiger partial charge in [0.2, 0.25) is 0 Å². The standard InChI is InChI=1S/C16H25N3O/c1-4-19-14-8-6-5-7-13(14)18-15(19)11-17-12-16(2,3)9-10-20/h5-8,17,20H,4,9-12H2,1-3H3. The maximum atomic E-state index is 9.05. The van der Waals surface area contributed by atoms with E-state index in [9.17, 15) is 0 Å². The minimum absolute atomic E-state index is 0.109. The van der Waals surface area contributed by atoms with Gasteiger partial charge in [0.1, 0.15) is 5.82 Å². The first-order chi connectivity index (χ1) is 9.57. The van der Waals surface area contributed by atoms with E-state index in [1.165, 1.54) is 5.52 Å². The maximum Gasteiger partial charge on any atom is 0.123 e. The van der Waals surface area contributed by atoms with Crippen molar-refractivity contribution in [3.63, 3.8) is 0 Å². The Morgan fingerprint density at radius 2 is 2.05 bits per heavy atom. The molecule has 110 valence electrons. The van der Waals surface area contributed by atoms with Gasteiger partial charge in [-0.25, -0.2) is 4.98 Å². The van der Waals surface area contributed by atoms with Gasteiger partial charge in [-0.1, -0.05) is 26.0 Å². The fourth-order valence-electron chi connectivity index (χ4n) is 2.52. The van der Waals surface area contributed by atoms with Crippen LogP contribution in [0.2, 0.25) is 0 Å². The average molecular weight is 275 g/mol. The predicted molar refractivity (Wildman–Crippen MR) is 82.6 cm³/mol. The highest BCUT2D eigenvalue weighted by atomic mass is 16.3. The van der Waals surface area contributed by atoms with Crippen LogP contribution >= 0.6 is 0 Å². The molecular weight excluding hydrogens is 250 g/mol. The molecule has 20 heavy (non-hydrogen) atoms. The fourth-order valence-corrected chi connectivity index (χ4v) is 2.52. The highest BCUT2D eigenvalue weighted by Gasteiger charge is 2.17. The van der Waals surface area contributed by atoms with Gasteiger partial charge in [-0.05, 0) is 30.9 Å². The largest absolute Gasteiger partial charge is 0.396 e. The Labute approximate surface area is 120 Å². The number of fused-ring (bicyclic) bond motifs is 1. The van der Waals surface area contributed by atoms with Crippen molar-refractivity contribution in [3.8, 4) is 0 Å². The van der Waals surface area contributed by atoms with Crippen molar-refractivity contribution >= 4 is 11.0 Å². The van der Waals surface area contributed by atoms with Crippen LogP contribution in [0.1, 0.15) is 33.0 Å². The van der Waals surface area contributed by atoms with Gasteiger partial charge in [-0.3, -0.25) is 0 Å². The molecule has 0 radical (unpaired) electrons. The quantitative estimate of drug-likeness (QED) is 0.816. The lowest BCUT2D eigenvalue weighted by Gasteiger charge is -2.23. The van der Waals surface area contributed by atoms with E-state index < -0.39 is 0 Å². The van der Waals surface area contributed by atoms with Crippen molar-refractivity contribution in [2.45, 2.75) is 40.3 Å². The number of imidazole rings is 1. The van der Waals surface area contributed by atoms with Crippen LogP contribution in [-0.2, 0) is 13.1 Å². The number of aryl methyl sites for hydroxylation is 1. The number of aliphatic hydroxyl groups is 1. The molecule has 4 nitrogen and oxygen atoms in total. The minimum Gasteiger partial charge on any atom is -0.396 e. The van der Waals surface area contributed by atoms with Crippen LogP contribution < -0.4 is 5.32 Å². The molecule has 0 spiro atoms. The molecule has 0 saturated heterocycles. The summed E-state index contributed by atoms with van der Waals surface area (Å²) in [5.41, 5.74) is 2.36. The lowest BCUT2D eigenvalue weighted by atomic mass is 9.90. The summed E-state index contributed by atoms with van der Waals surface area (Å²) in [5, 5.41) is 12.5. The number of nitrogens with zero attached hydrogens (tertiary/aromatic N) is 2. The molecule has 2 rings (SSSR count). The van der Waals surface area contributed by atoms with E-state index in [0.29, 0.717) is 0 Å². The highest BCUT2D eigenvalue weighted by molar-refractivity contribution is 5.75. The third kappa shape index (κ3) is 3.38. The van der Waals surface area contributed by atoms with Gasteiger partial charge in [0.05, 0.1) is 17.6 Å². The Morgan fingerprint density at radius 3 is 2.75 bits per heavy atom. The zero-order valence-corrected chi connectivity index (χ0v) is 12.7. The first kappa shape index (κ1) is 15.0. The molecule has 0 aliphatic rings. The molecule has 2 aromatic rings. The molecule has 2 N–H and O–H groups in total. The van der Waals surface area contributed by atoms with Gasteiger partial charge < -0.3 is 15.0 Å². The summed E-state index contributed by atoms with van der Waals surface area (Å²) in [5.74, 6) is 1.08. The second-order valence-electron chi connectivity index (χ2n) is 6.00. The molecule has 0 bridgehead atoms. The number of hydrogen-bond acceptors (Lipinski definition) is 3. The molecule has 1 heterocycles. The lowest BCUT2D eigenvalue weighted by Crippen LogP contribution is -2.30. The van der Waals surface area contributed by atoms with Crippen molar-refractivity contribution in [3.05, 3.63) is 30.1 Å². The van der Waals surface area contributed by atoms with Crippen LogP contribution in [0.3, 0.4) is 0 Å². The molecule has 1 aromatic carbocycles. The number of para-hydroxylation sites is 2. The van der Waals surface area contributed by atoms with Gasteiger partial charge in [-0.15, -0.1) is 0 Å². The van der Waals surface area contributed by atoms with Crippen molar-refractivity contribution in [2.24, 2.45) is 5.41 Å². The van der Waals surface area contributed by atoms with Crippen molar-refractivity contribution in [1.82, 2.24) is 14.9 Å². The summed E-state index contributed by atoms with van der Waals surface area (Å²) in [4.78, 5) is 4.70. The van der Waals surface area contributed by atoms with E-state index in [2.05, 4.69) is 48.9 Å². The number of nitrogens with one attached hydrogen (secondary N) is 1. The molecule has 0 saturated carbocycles. The number of benzene rings is 1. The van der Waals surface area contributed by atoms with Crippen molar-refractivity contribution < 1.29 is 5.11 Å². The van der Waals surface area contributed by atoms with E-state index in [1.807, 2.05) is 6.07 Å². The highest BCUT2D eigenvalue weighted by Crippen LogP contribution is 2.19. The molecule has 0 amide bonds. The van der Waals surface area contributed by atoms with Crippen LogP contribution in [0.25, 0.3) is 11.0 Å². The monoisotopic (exact) mass is 275 g/mol. The summed E-state index contributed by atoms with van der Waals surface area (Å²) in [6.07, 6.45) is 0.810. The smallest absolute Gasteiger partial charge is 0.123 e. The summed E-state index contributed by atoms with van der Waals surface area (Å²) < 4.78 is 2.25. The van der Waals surface area contributed by atoms with Gasteiger partial charge in [0.25, 0.3) is 0 Å². The fraction of sp³-hybridized carbons (Fsp3) is 0.562. The van der Waals surface area contributed by atoms with Crippen molar-refractivity contribution in [1.29, 1.82) is 0 Å². The van der Waals surface area contributed by atoms with Crippen LogP contribution in [0, 0.1) is 5.41 Å². The molecule has 0 unspecified atom stereocenters. The summed E-state index contributed by atoms with van der Waals surface area (Å²) >= 11 is 0. The second kappa shape index (κ2) is 6.37. The molecule has 4 heteroatoms. The zero-order chi connectivity index (χ0) is 14.6. The average Bonchev–Trinajstić information content (AvgIpc) is 2.75. The van der Waals surface area contributed by atoms with Gasteiger partial charge in [0.15, 0.2) is 0 Å². The van der Waals surface area contributed by atoms with Gasteiger partial charge >= 0.3 is 0 Å². The zero-order valence-electron chi connectivity index (χ0n) is 12.7. The Kier molecular flexibility index (Phi) is 4.78. The lowest BCUT2D eigenvalue weighted by molar-refractivity contribution is 0.206. The molecule has 1 aromatic heterocycles. The number of hydrogen-bond donors (Lipinski definition) is 2. The SMILES string of the molecule is CCn1c(CNCC(C)(C)CCO)nc2ccccc21. The van der Waals surface area contributed by atoms with Crippen LogP contribution in [0.15, 0.2) is 24.3 Å². The van der Waals surface area contributed by atoms with E-state index >= 15 is 0 Å². The maximum absolute atomic E-state index is 9.05. The molecule has 0 atom stereocenters. The van der Waals surface area contributed by atoms with Gasteiger partial charge in [0, 0.05) is 19.7 Å². The van der Waals surface area contributed by atoms with Gasteiger partial charge in [-0.2, -0.15) is 0 Å². The third-order valence-electron chi connectivity index (χ3n) is 3.73. The summed E-state index contributed by atoms with van der Waals surface area (Å²) in [6, 6.07) is 8.25. The van der Waals surface area contributed by atoms with Crippen molar-refractivity contribution in [2.75, 3.05) is 13.2 Å². The molecule has 0 fully saturated rings. The normalized spacial score (nSPS) is 12.2. The van der Waals surface area contributed by atoms with Crippen LogP contribution in [0.5, 0.6) is 0 Å². The second-order valence-corrected chi connectivity index (χ2v) is 6.00. The number of aromatic nitrogens is 2. The Balaban J connectivity index is 2.06. The summed E-state index contributed by atoms with van der Waals surface area (Å²) in [7, 11) is 0. The number of rotatable bonds is 7. The van der Waals surface area contributed by atoms with E-state index in [1.54, 1.807) is 0 Å². The van der Waals surface area contributed by atoms with Crippen LogP contribution in [0.4, 0.5) is 0 Å². The first-order valence-corrected chi connectivity index (χ1v) is 7.33. The topological polar surface area (TPSA) is 50.1 Å². The molecular formula is C16H25N3O. The third-order valence-corrected chi connectivity index (χ3v) is 3.73. The Morgan fingerprint density at radius 1 is 1.30 bits per heavy atom. The van der Waals surface area contributed by atoms with E-state index in [-0.39, 0.29) is 12.0 Å². The summed E-state index contributed by atoms with van der Waals surface area (Å²) in [6.45, 7) is 9.28. The Bertz CT molecular complexity index is 560. The molecule has 0 aliphatic heterocycles. The first-order valence-electron chi connectivity index (χ1n) is 7.33. The molecule has 0 aliphatic carbocycles. The van der Waals surface area contributed by atoms with Crippen LogP contribution in [-0.4, -0.2) is 27.8 Å². The predicted octanol–water partition coefficient (Wildman–Crippen LogP) is 2.55. The number of aliphatic hydroxyl groups excluding tert-OH is 1. The Hall–Kier alpha value is -1.39. The van der Waals surface area contributed by atoms with E-state index in [0.717, 1.165) is 37.4 Å². The minimum atomic E-state index is 0.109. The van der Waals surface area contributed by atoms with E-state index in [4.69, 9.17) is 10.1 Å².